The molecule has 6 fully saturated rings. The first-order chi connectivity index (χ1) is 29.3. The third kappa shape index (κ3) is 5.00. The molecular formula is C56H70O7. The van der Waals surface area contributed by atoms with Crippen LogP contribution in [0.3, 0.4) is 0 Å². The number of ether oxygens (including phenoxy) is 1. The van der Waals surface area contributed by atoms with Crippen LogP contribution in [0.25, 0.3) is 0 Å². The maximum atomic E-state index is 14.5. The summed E-state index contributed by atoms with van der Waals surface area (Å²) in [6, 6.07) is 0. The number of hydrogen-bond donors (Lipinski definition) is 2. The molecule has 10 aliphatic rings. The van der Waals surface area contributed by atoms with Gasteiger partial charge in [-0.1, -0.05) is 105 Å². The molecule has 0 amide bonds. The second-order valence-corrected chi connectivity index (χ2v) is 24.3. The Bertz CT molecular complexity index is 2330. The molecule has 0 bridgehead atoms. The van der Waals surface area contributed by atoms with Crippen LogP contribution < -0.4 is 0 Å². The lowest BCUT2D eigenvalue weighted by molar-refractivity contribution is -0.192. The zero-order chi connectivity index (χ0) is 45.6. The number of allylic oxidation sites excluding steroid dienone is 14. The van der Waals surface area contributed by atoms with Crippen LogP contribution in [0.4, 0.5) is 0 Å². The Morgan fingerprint density at radius 1 is 0.524 bits per heavy atom. The van der Waals surface area contributed by atoms with Crippen molar-refractivity contribution in [2.24, 2.45) is 67.0 Å². The van der Waals surface area contributed by atoms with Crippen molar-refractivity contribution in [1.29, 1.82) is 0 Å². The first-order valence-corrected chi connectivity index (χ1v) is 24.2. The molecule has 14 unspecified atom stereocenters. The molecule has 0 aliphatic heterocycles. The largest absolute Gasteiger partial charge is 0.449 e. The van der Waals surface area contributed by atoms with E-state index in [2.05, 4.69) is 79.7 Å². The SMILES string of the molecule is CC1=C(OC2=C(C)C3=CC=C4C(C)(CCC5(C)C6CC(C)C(=O)C(O)C6(C)CCC45C)C3=CC2=O)C(=O)C=C2C1=CC=C1C2(C)CCC2(C)C3CC(C)C(=O)C(O)C3(C)CCC12C. The lowest BCUT2D eigenvalue weighted by atomic mass is 9.35. The average Bonchev–Trinajstić information content (AvgIpc) is 3.23. The molecule has 14 atom stereocenters. The summed E-state index contributed by atoms with van der Waals surface area (Å²) in [7, 11) is 0. The molecule has 6 saturated carbocycles. The van der Waals surface area contributed by atoms with E-state index in [9.17, 15) is 29.4 Å². The van der Waals surface area contributed by atoms with E-state index in [0.29, 0.717) is 0 Å². The predicted octanol–water partition coefficient (Wildman–Crippen LogP) is 10.7. The van der Waals surface area contributed by atoms with Gasteiger partial charge in [-0.15, -0.1) is 0 Å². The van der Waals surface area contributed by atoms with E-state index >= 15 is 0 Å². The van der Waals surface area contributed by atoms with Gasteiger partial charge in [0.15, 0.2) is 23.1 Å². The third-order valence-electron chi connectivity index (χ3n) is 21.9. The summed E-state index contributed by atoms with van der Waals surface area (Å²) in [5, 5.41) is 22.8. The molecule has 0 heterocycles. The summed E-state index contributed by atoms with van der Waals surface area (Å²) >= 11 is 0. The molecule has 2 N–H and O–H groups in total. The van der Waals surface area contributed by atoms with E-state index in [1.54, 1.807) is 12.2 Å². The van der Waals surface area contributed by atoms with Crippen LogP contribution in [0, 0.1) is 67.0 Å². The number of carbonyl (C=O) groups is 4. The monoisotopic (exact) mass is 855 g/mol. The van der Waals surface area contributed by atoms with Gasteiger partial charge in [0, 0.05) is 44.6 Å². The van der Waals surface area contributed by atoms with Gasteiger partial charge in [0.1, 0.15) is 12.2 Å². The molecule has 336 valence electrons. The lowest BCUT2D eigenvalue weighted by Gasteiger charge is -2.69. The Kier molecular flexibility index (Phi) is 8.93. The van der Waals surface area contributed by atoms with Crippen molar-refractivity contribution in [3.8, 4) is 0 Å². The number of rotatable bonds is 2. The van der Waals surface area contributed by atoms with E-state index in [4.69, 9.17) is 4.74 Å². The van der Waals surface area contributed by atoms with E-state index < -0.39 is 23.0 Å². The van der Waals surface area contributed by atoms with Crippen LogP contribution in [0.15, 0.2) is 92.6 Å². The van der Waals surface area contributed by atoms with Gasteiger partial charge in [-0.2, -0.15) is 0 Å². The Labute approximate surface area is 375 Å². The van der Waals surface area contributed by atoms with Gasteiger partial charge >= 0.3 is 0 Å². The standard InChI is InChI=1S/C56H70O7/c1-29-25-41-51(7,47(61)43(29)59)19-23-53(9)39-15-13-33-31(3)45(37(57)27-35(33)49(39,5)17-21-55(41,53)11)63-46-32(4)34-14-16-40-50(6,36(34)28-38(46)58)18-22-56(12)42-26-30(2)44(60)48(62)52(42,8)20-24-54(40,56)10/h13-16,27-30,41-42,47-48,61-62H,17-26H2,1-12H3. The van der Waals surface area contributed by atoms with Gasteiger partial charge in [0.05, 0.1) is 0 Å². The van der Waals surface area contributed by atoms with E-state index in [1.165, 1.54) is 11.1 Å². The predicted molar refractivity (Wildman–Crippen MR) is 243 cm³/mol. The molecule has 7 heteroatoms. The van der Waals surface area contributed by atoms with E-state index in [1.807, 2.05) is 27.7 Å². The summed E-state index contributed by atoms with van der Waals surface area (Å²) in [5.41, 5.74) is 5.89. The fourth-order valence-electron chi connectivity index (χ4n) is 17.2. The molecule has 10 rings (SSSR count). The second kappa shape index (κ2) is 13.0. The number of fused-ring (bicyclic) bond motifs is 14. The summed E-state index contributed by atoms with van der Waals surface area (Å²) in [4.78, 5) is 55.1. The van der Waals surface area contributed by atoms with Crippen LogP contribution in [-0.2, 0) is 23.9 Å². The molecule has 0 aromatic rings. The van der Waals surface area contributed by atoms with Crippen molar-refractivity contribution < 1.29 is 34.1 Å². The molecule has 63 heavy (non-hydrogen) atoms. The first-order valence-electron chi connectivity index (χ1n) is 24.2. The number of aliphatic hydroxyl groups is 2. The van der Waals surface area contributed by atoms with Crippen LogP contribution in [0.1, 0.15) is 147 Å². The van der Waals surface area contributed by atoms with Crippen LogP contribution >= 0.6 is 0 Å². The molecule has 0 radical (unpaired) electrons. The maximum absolute atomic E-state index is 14.5. The summed E-state index contributed by atoms with van der Waals surface area (Å²) < 4.78 is 6.60. The number of hydrogen-bond acceptors (Lipinski definition) is 7. The summed E-state index contributed by atoms with van der Waals surface area (Å²) in [6.45, 7) is 26.4. The smallest absolute Gasteiger partial charge is 0.221 e. The lowest BCUT2D eigenvalue weighted by Crippen LogP contribution is -2.65. The van der Waals surface area contributed by atoms with Crippen molar-refractivity contribution in [1.82, 2.24) is 0 Å². The highest BCUT2D eigenvalue weighted by molar-refractivity contribution is 6.10. The average molecular weight is 855 g/mol. The number of ketones is 4. The van der Waals surface area contributed by atoms with E-state index in [-0.39, 0.29) is 90.8 Å². The highest BCUT2D eigenvalue weighted by Crippen LogP contribution is 2.76. The Morgan fingerprint density at radius 3 is 1.25 bits per heavy atom. The van der Waals surface area contributed by atoms with Gasteiger partial charge in [0.2, 0.25) is 11.6 Å². The van der Waals surface area contributed by atoms with Crippen molar-refractivity contribution >= 4 is 23.1 Å². The minimum absolute atomic E-state index is 0.0130. The summed E-state index contributed by atoms with van der Waals surface area (Å²) in [5.74, 6) is -0.00759. The highest BCUT2D eigenvalue weighted by Gasteiger charge is 2.70. The van der Waals surface area contributed by atoms with Crippen LogP contribution in [0.2, 0.25) is 0 Å². The zero-order valence-electron chi connectivity index (χ0n) is 39.9. The second-order valence-electron chi connectivity index (χ2n) is 24.3. The normalized spacial score (nSPS) is 48.9. The van der Waals surface area contributed by atoms with Gasteiger partial charge < -0.3 is 14.9 Å². The minimum Gasteiger partial charge on any atom is -0.449 e. The van der Waals surface area contributed by atoms with Gasteiger partial charge in [0.25, 0.3) is 0 Å². The minimum atomic E-state index is -0.937. The van der Waals surface area contributed by atoms with Crippen LogP contribution in [0.5, 0.6) is 0 Å². The molecule has 0 spiro atoms. The first kappa shape index (κ1) is 43.2. The Balaban J connectivity index is 0.979. The fourth-order valence-corrected chi connectivity index (χ4v) is 17.2. The Morgan fingerprint density at radius 2 is 0.889 bits per heavy atom. The van der Waals surface area contributed by atoms with Crippen molar-refractivity contribution in [3.05, 3.63) is 92.6 Å². The molecular weight excluding hydrogens is 785 g/mol. The molecule has 7 nitrogen and oxygen atoms in total. The third-order valence-corrected chi connectivity index (χ3v) is 21.9. The molecule has 0 saturated heterocycles. The summed E-state index contributed by atoms with van der Waals surface area (Å²) in [6.07, 6.45) is 19.1. The maximum Gasteiger partial charge on any atom is 0.221 e. The van der Waals surface area contributed by atoms with Crippen LogP contribution in [-0.4, -0.2) is 45.6 Å². The number of aliphatic hydroxyl groups excluding tert-OH is 2. The van der Waals surface area contributed by atoms with Gasteiger partial charge in [-0.05, 0) is 146 Å². The number of Topliss-reactive ketones (excluding diaryl/α,β-unsaturated/α-hetero) is 2. The molecule has 0 aromatic heterocycles. The number of carbonyl (C=O) groups excluding carboxylic acids is 4. The quantitative estimate of drug-likeness (QED) is 0.284. The topological polar surface area (TPSA) is 118 Å². The van der Waals surface area contributed by atoms with Crippen molar-refractivity contribution in [2.45, 2.75) is 160 Å². The molecule has 10 aliphatic carbocycles. The highest BCUT2D eigenvalue weighted by atomic mass is 16.5. The van der Waals surface area contributed by atoms with Crippen molar-refractivity contribution in [2.75, 3.05) is 0 Å². The van der Waals surface area contributed by atoms with E-state index in [0.717, 1.165) is 97.6 Å². The van der Waals surface area contributed by atoms with Crippen molar-refractivity contribution in [3.63, 3.8) is 0 Å². The van der Waals surface area contributed by atoms with Gasteiger partial charge in [-0.3, -0.25) is 19.2 Å². The molecule has 0 aromatic carbocycles. The van der Waals surface area contributed by atoms with Gasteiger partial charge in [-0.25, -0.2) is 0 Å². The fraction of sp³-hybridized carbons (Fsp3) is 0.643. The Hall–Kier alpha value is -3.68. The zero-order valence-corrected chi connectivity index (χ0v) is 39.9.